The van der Waals surface area contributed by atoms with E-state index in [0.717, 1.165) is 6.42 Å². The van der Waals surface area contributed by atoms with Crippen molar-refractivity contribution >= 4 is 34.8 Å². The molecule has 1 aromatic rings. The monoisotopic (exact) mass is 263 g/mol. The predicted molar refractivity (Wildman–Crippen MR) is 64.6 cm³/mol. The first kappa shape index (κ1) is 13.3. The molecule has 0 spiro atoms. The van der Waals surface area contributed by atoms with Crippen LogP contribution in [0.15, 0.2) is 18.2 Å². The van der Waals surface area contributed by atoms with E-state index in [2.05, 4.69) is 5.32 Å². The summed E-state index contributed by atoms with van der Waals surface area (Å²) in [5.41, 5.74) is 0.114. The average molecular weight is 264 g/mol. The van der Waals surface area contributed by atoms with Crippen LogP contribution in [0.1, 0.15) is 19.3 Å². The van der Waals surface area contributed by atoms with E-state index in [1.54, 1.807) is 0 Å². The molecule has 1 aromatic carbocycles. The third kappa shape index (κ3) is 4.37. The molecule has 0 saturated heterocycles. The highest BCUT2D eigenvalue weighted by Crippen LogP contribution is 2.19. The zero-order valence-corrected chi connectivity index (χ0v) is 10.1. The Morgan fingerprint density at radius 1 is 1.38 bits per heavy atom. The molecule has 5 heteroatoms. The summed E-state index contributed by atoms with van der Waals surface area (Å²) in [6, 6.07) is 4.03. The van der Waals surface area contributed by atoms with Crippen molar-refractivity contribution in [3.63, 3.8) is 0 Å². The molecule has 2 nitrogen and oxygen atoms in total. The number of carbonyl (C=O) groups excluding carboxylic acids is 1. The van der Waals surface area contributed by atoms with Crippen molar-refractivity contribution in [3.8, 4) is 0 Å². The van der Waals surface area contributed by atoms with Crippen LogP contribution in [-0.2, 0) is 4.79 Å². The van der Waals surface area contributed by atoms with Crippen molar-refractivity contribution in [2.75, 3.05) is 11.2 Å². The van der Waals surface area contributed by atoms with Crippen LogP contribution < -0.4 is 5.32 Å². The van der Waals surface area contributed by atoms with E-state index in [1.165, 1.54) is 18.2 Å². The smallest absolute Gasteiger partial charge is 0.224 e. The van der Waals surface area contributed by atoms with Crippen LogP contribution in [0, 0.1) is 5.82 Å². The SMILES string of the molecule is O=C(CCCCCl)Nc1cc(Cl)ccc1F. The standard InChI is InChI=1S/C11H12Cl2FNO/c12-6-2-1-3-11(16)15-10-7-8(13)4-5-9(10)14/h4-5,7H,1-3,6H2,(H,15,16). The molecule has 0 fully saturated rings. The van der Waals surface area contributed by atoms with Crippen molar-refractivity contribution < 1.29 is 9.18 Å². The second kappa shape index (κ2) is 6.71. The molecule has 0 heterocycles. The highest BCUT2D eigenvalue weighted by Gasteiger charge is 2.07. The number of rotatable bonds is 5. The summed E-state index contributed by atoms with van der Waals surface area (Å²) in [6.45, 7) is 0. The quantitative estimate of drug-likeness (QED) is 0.635. The van der Waals surface area contributed by atoms with Crippen molar-refractivity contribution in [2.45, 2.75) is 19.3 Å². The van der Waals surface area contributed by atoms with Gasteiger partial charge in [-0.2, -0.15) is 0 Å². The number of carbonyl (C=O) groups is 1. The summed E-state index contributed by atoms with van der Waals surface area (Å²) in [5.74, 6) is -0.194. The molecule has 1 N–H and O–H groups in total. The zero-order chi connectivity index (χ0) is 12.0. The van der Waals surface area contributed by atoms with Gasteiger partial charge in [-0.1, -0.05) is 11.6 Å². The maximum atomic E-state index is 13.2. The molecule has 0 unspecified atom stereocenters. The first-order chi connectivity index (χ1) is 7.63. The number of nitrogens with one attached hydrogen (secondary N) is 1. The van der Waals surface area contributed by atoms with Gasteiger partial charge in [-0.25, -0.2) is 4.39 Å². The summed E-state index contributed by atoms with van der Waals surface area (Å²) in [5, 5.41) is 2.85. The predicted octanol–water partition coefficient (Wildman–Crippen LogP) is 3.83. The van der Waals surface area contributed by atoms with Crippen LogP contribution in [0.3, 0.4) is 0 Å². The zero-order valence-electron chi connectivity index (χ0n) is 8.60. The van der Waals surface area contributed by atoms with Crippen molar-refractivity contribution in [2.24, 2.45) is 0 Å². The van der Waals surface area contributed by atoms with Crippen LogP contribution in [0.4, 0.5) is 10.1 Å². The minimum atomic E-state index is -0.491. The Bertz CT molecular complexity index is 371. The summed E-state index contributed by atoms with van der Waals surface area (Å²) < 4.78 is 13.2. The van der Waals surface area contributed by atoms with Gasteiger partial charge < -0.3 is 5.32 Å². The molecule has 1 amide bonds. The van der Waals surface area contributed by atoms with Crippen LogP contribution in [0.5, 0.6) is 0 Å². The molecule has 0 aliphatic rings. The second-order valence-electron chi connectivity index (χ2n) is 3.32. The van der Waals surface area contributed by atoms with Gasteiger partial charge in [0.25, 0.3) is 0 Å². The fourth-order valence-electron chi connectivity index (χ4n) is 1.19. The molecular weight excluding hydrogens is 252 g/mol. The van der Waals surface area contributed by atoms with Crippen LogP contribution in [-0.4, -0.2) is 11.8 Å². The Balaban J connectivity index is 2.52. The lowest BCUT2D eigenvalue weighted by molar-refractivity contribution is -0.116. The first-order valence-corrected chi connectivity index (χ1v) is 5.85. The molecule has 0 radical (unpaired) electrons. The Morgan fingerprint density at radius 3 is 2.81 bits per heavy atom. The number of anilines is 1. The lowest BCUT2D eigenvalue weighted by Gasteiger charge is -2.06. The van der Waals surface area contributed by atoms with Crippen molar-refractivity contribution in [3.05, 3.63) is 29.0 Å². The topological polar surface area (TPSA) is 29.1 Å². The van der Waals surface area contributed by atoms with Gasteiger partial charge in [-0.3, -0.25) is 4.79 Å². The van der Waals surface area contributed by atoms with E-state index < -0.39 is 5.82 Å². The minimum absolute atomic E-state index is 0.114. The Hall–Kier alpha value is -0.800. The van der Waals surface area contributed by atoms with Crippen molar-refractivity contribution in [1.29, 1.82) is 0 Å². The van der Waals surface area contributed by atoms with Gasteiger partial charge in [0.15, 0.2) is 0 Å². The third-order valence-corrected chi connectivity index (χ3v) is 2.49. The van der Waals surface area contributed by atoms with Crippen LogP contribution in [0.25, 0.3) is 0 Å². The third-order valence-electron chi connectivity index (χ3n) is 1.99. The maximum absolute atomic E-state index is 13.2. The fourth-order valence-corrected chi connectivity index (χ4v) is 1.55. The highest BCUT2D eigenvalue weighted by atomic mass is 35.5. The van der Waals surface area contributed by atoms with E-state index in [0.29, 0.717) is 23.7 Å². The number of unbranched alkanes of at least 4 members (excludes halogenated alkanes) is 1. The number of hydrogen-bond acceptors (Lipinski definition) is 1. The normalized spacial score (nSPS) is 10.2. The van der Waals surface area contributed by atoms with E-state index in [-0.39, 0.29) is 11.6 Å². The second-order valence-corrected chi connectivity index (χ2v) is 4.13. The Morgan fingerprint density at radius 2 is 2.12 bits per heavy atom. The molecule has 16 heavy (non-hydrogen) atoms. The highest BCUT2D eigenvalue weighted by molar-refractivity contribution is 6.30. The van der Waals surface area contributed by atoms with Crippen LogP contribution >= 0.6 is 23.2 Å². The Kier molecular flexibility index (Phi) is 5.56. The molecule has 0 bridgehead atoms. The maximum Gasteiger partial charge on any atom is 0.224 e. The molecule has 0 saturated carbocycles. The lowest BCUT2D eigenvalue weighted by Crippen LogP contribution is -2.12. The first-order valence-electron chi connectivity index (χ1n) is 4.94. The lowest BCUT2D eigenvalue weighted by atomic mass is 10.2. The number of benzene rings is 1. The summed E-state index contributed by atoms with van der Waals surface area (Å²) in [7, 11) is 0. The van der Waals surface area contributed by atoms with Gasteiger partial charge >= 0.3 is 0 Å². The summed E-state index contributed by atoms with van der Waals surface area (Å²) in [4.78, 5) is 11.4. The fraction of sp³-hybridized carbons (Fsp3) is 0.364. The molecule has 1 rings (SSSR count). The van der Waals surface area contributed by atoms with Crippen LogP contribution in [0.2, 0.25) is 5.02 Å². The largest absolute Gasteiger partial charge is 0.324 e. The average Bonchev–Trinajstić information content (AvgIpc) is 2.24. The molecular formula is C11H12Cl2FNO. The molecule has 0 aromatic heterocycles. The number of hydrogen-bond donors (Lipinski definition) is 1. The van der Waals surface area contributed by atoms with E-state index in [1.807, 2.05) is 0 Å². The van der Waals surface area contributed by atoms with Gasteiger partial charge in [-0.15, -0.1) is 11.6 Å². The van der Waals surface area contributed by atoms with E-state index >= 15 is 0 Å². The molecule has 0 atom stereocenters. The van der Waals surface area contributed by atoms with Gasteiger partial charge in [0.2, 0.25) is 5.91 Å². The van der Waals surface area contributed by atoms with Gasteiger partial charge in [0.05, 0.1) is 5.69 Å². The van der Waals surface area contributed by atoms with Crippen molar-refractivity contribution in [1.82, 2.24) is 0 Å². The molecule has 88 valence electrons. The van der Waals surface area contributed by atoms with Gasteiger partial charge in [0.1, 0.15) is 5.82 Å². The number of halogens is 3. The number of amides is 1. The van der Waals surface area contributed by atoms with E-state index in [9.17, 15) is 9.18 Å². The minimum Gasteiger partial charge on any atom is -0.324 e. The number of alkyl halides is 1. The van der Waals surface area contributed by atoms with E-state index in [4.69, 9.17) is 23.2 Å². The summed E-state index contributed by atoms with van der Waals surface area (Å²) >= 11 is 11.2. The van der Waals surface area contributed by atoms with Gasteiger partial charge in [0, 0.05) is 17.3 Å². The molecule has 0 aliphatic heterocycles. The van der Waals surface area contributed by atoms with Gasteiger partial charge in [-0.05, 0) is 31.0 Å². The molecule has 0 aliphatic carbocycles. The Labute approximate surface area is 104 Å². The summed E-state index contributed by atoms with van der Waals surface area (Å²) in [6.07, 6.45) is 1.79.